The van der Waals surface area contributed by atoms with E-state index in [0.717, 1.165) is 64.2 Å². The molecule has 0 amide bonds. The Morgan fingerprint density at radius 3 is 1.57 bits per heavy atom. The van der Waals surface area contributed by atoms with E-state index in [1.54, 1.807) is 6.08 Å². The molecule has 2 atom stereocenters. The summed E-state index contributed by atoms with van der Waals surface area (Å²) in [5.41, 5.74) is 0. The van der Waals surface area contributed by atoms with Crippen LogP contribution in [0.15, 0.2) is 97.2 Å². The van der Waals surface area contributed by atoms with E-state index in [9.17, 15) is 19.5 Å². The molecular formula is C44H70NO8+. The molecule has 1 N–H and O–H groups in total. The molecule has 0 heterocycles. The number of esters is 2. The van der Waals surface area contributed by atoms with Gasteiger partial charge in [0.05, 0.1) is 40.8 Å². The number of carboxylic acids is 1. The van der Waals surface area contributed by atoms with Gasteiger partial charge in [0.2, 0.25) is 0 Å². The average Bonchev–Trinajstić information content (AvgIpc) is 3.11. The maximum atomic E-state index is 12.6. The lowest BCUT2D eigenvalue weighted by Gasteiger charge is -2.25. The van der Waals surface area contributed by atoms with E-state index in [1.807, 2.05) is 33.3 Å². The van der Waals surface area contributed by atoms with Crippen LogP contribution >= 0.6 is 0 Å². The number of hydrogen-bond acceptors (Lipinski definition) is 7. The van der Waals surface area contributed by atoms with Crippen molar-refractivity contribution in [1.29, 1.82) is 0 Å². The van der Waals surface area contributed by atoms with Gasteiger partial charge < -0.3 is 28.5 Å². The number of carbonyl (C=O) groups excluding carboxylic acids is 2. The molecule has 0 fully saturated rings. The fraction of sp³-hybridized carbons (Fsp3) is 0.568. The van der Waals surface area contributed by atoms with E-state index in [0.29, 0.717) is 23.9 Å². The summed E-state index contributed by atoms with van der Waals surface area (Å²) in [5, 5.41) is 9.59. The molecule has 0 radical (unpaired) electrons. The van der Waals surface area contributed by atoms with Gasteiger partial charge in [0.15, 0.2) is 6.10 Å². The van der Waals surface area contributed by atoms with Crippen molar-refractivity contribution in [1.82, 2.24) is 0 Å². The minimum atomic E-state index is -1.54. The lowest BCUT2D eigenvalue weighted by molar-refractivity contribution is -0.870. The summed E-state index contributed by atoms with van der Waals surface area (Å²) < 4.78 is 22.4. The molecule has 298 valence electrons. The molecule has 9 nitrogen and oxygen atoms in total. The van der Waals surface area contributed by atoms with Gasteiger partial charge in [-0.3, -0.25) is 9.59 Å². The van der Waals surface area contributed by atoms with Crippen molar-refractivity contribution in [2.24, 2.45) is 0 Å². The van der Waals surface area contributed by atoms with E-state index in [-0.39, 0.29) is 32.7 Å². The predicted octanol–water partition coefficient (Wildman–Crippen LogP) is 9.54. The van der Waals surface area contributed by atoms with Gasteiger partial charge in [-0.1, -0.05) is 117 Å². The highest BCUT2D eigenvalue weighted by molar-refractivity contribution is 5.72. The third-order valence-corrected chi connectivity index (χ3v) is 7.37. The minimum Gasteiger partial charge on any atom is -0.477 e. The minimum absolute atomic E-state index is 0.0152. The van der Waals surface area contributed by atoms with Crippen LogP contribution in [0.5, 0.6) is 0 Å². The Morgan fingerprint density at radius 1 is 0.585 bits per heavy atom. The lowest BCUT2D eigenvalue weighted by Crippen LogP contribution is -2.40. The summed E-state index contributed by atoms with van der Waals surface area (Å²) in [7, 11) is 5.89. The fourth-order valence-electron chi connectivity index (χ4n) is 4.39. The second-order valence-electron chi connectivity index (χ2n) is 13.5. The Bertz CT molecular complexity index is 1190. The first-order chi connectivity index (χ1) is 25.6. The Balaban J connectivity index is 4.76. The molecule has 0 bridgehead atoms. The van der Waals surface area contributed by atoms with Gasteiger partial charge in [0, 0.05) is 6.42 Å². The molecule has 0 aromatic heterocycles. The highest BCUT2D eigenvalue weighted by Gasteiger charge is 2.24. The molecule has 0 saturated heterocycles. The van der Waals surface area contributed by atoms with Gasteiger partial charge in [-0.15, -0.1) is 0 Å². The number of ether oxygens (including phenoxy) is 4. The Kier molecular flexibility index (Phi) is 32.7. The Morgan fingerprint density at radius 2 is 1.08 bits per heavy atom. The molecule has 53 heavy (non-hydrogen) atoms. The summed E-state index contributed by atoms with van der Waals surface area (Å²) in [6, 6.07) is 0. The van der Waals surface area contributed by atoms with Crippen LogP contribution in [0, 0.1) is 0 Å². The summed E-state index contributed by atoms with van der Waals surface area (Å²) in [6.45, 7) is 4.44. The summed E-state index contributed by atoms with van der Waals surface area (Å²) >= 11 is 0. The zero-order valence-electron chi connectivity index (χ0n) is 33.4. The fourth-order valence-corrected chi connectivity index (χ4v) is 4.39. The highest BCUT2D eigenvalue weighted by atomic mass is 16.7. The maximum absolute atomic E-state index is 12.6. The molecule has 0 spiro atoms. The van der Waals surface area contributed by atoms with Crippen molar-refractivity contribution in [3.63, 3.8) is 0 Å². The van der Waals surface area contributed by atoms with E-state index < -0.39 is 30.3 Å². The number of rotatable bonds is 33. The number of quaternary nitrogens is 1. The van der Waals surface area contributed by atoms with E-state index in [2.05, 4.69) is 92.8 Å². The van der Waals surface area contributed by atoms with Crippen LogP contribution < -0.4 is 0 Å². The molecule has 0 aliphatic carbocycles. The topological polar surface area (TPSA) is 108 Å². The van der Waals surface area contributed by atoms with Crippen molar-refractivity contribution < 1.29 is 42.9 Å². The van der Waals surface area contributed by atoms with E-state index in [1.165, 1.54) is 0 Å². The zero-order valence-corrected chi connectivity index (χ0v) is 33.4. The van der Waals surface area contributed by atoms with Crippen LogP contribution in [0.4, 0.5) is 0 Å². The average molecular weight is 741 g/mol. The number of allylic oxidation sites excluding steroid dienone is 15. The molecule has 0 aromatic carbocycles. The molecule has 0 saturated carbocycles. The number of carboxylic acid groups (broad SMARTS) is 1. The molecular weight excluding hydrogens is 670 g/mol. The van der Waals surface area contributed by atoms with E-state index in [4.69, 9.17) is 18.9 Å². The predicted molar refractivity (Wildman–Crippen MR) is 216 cm³/mol. The first-order valence-corrected chi connectivity index (χ1v) is 19.4. The van der Waals surface area contributed by atoms with Crippen LogP contribution in [-0.4, -0.2) is 87.4 Å². The largest absolute Gasteiger partial charge is 0.477 e. The van der Waals surface area contributed by atoms with Gasteiger partial charge in [-0.25, -0.2) is 4.79 Å². The van der Waals surface area contributed by atoms with Crippen LogP contribution in [-0.2, 0) is 33.3 Å². The van der Waals surface area contributed by atoms with E-state index >= 15 is 0 Å². The van der Waals surface area contributed by atoms with Crippen molar-refractivity contribution in [3.8, 4) is 0 Å². The second-order valence-corrected chi connectivity index (χ2v) is 13.5. The van der Waals surface area contributed by atoms with Gasteiger partial charge in [-0.05, 0) is 70.6 Å². The normalized spacial score (nSPS) is 14.1. The molecule has 0 aliphatic heterocycles. The van der Waals surface area contributed by atoms with Crippen molar-refractivity contribution in [2.75, 3.05) is 47.5 Å². The molecule has 2 unspecified atom stereocenters. The number of hydrogen-bond donors (Lipinski definition) is 1. The lowest BCUT2D eigenvalue weighted by atomic mass is 10.1. The Hall–Kier alpha value is -3.79. The van der Waals surface area contributed by atoms with Crippen molar-refractivity contribution in [3.05, 3.63) is 97.2 Å². The van der Waals surface area contributed by atoms with Gasteiger partial charge in [0.25, 0.3) is 6.29 Å². The maximum Gasteiger partial charge on any atom is 0.361 e. The molecule has 0 rings (SSSR count). The monoisotopic (exact) mass is 741 g/mol. The van der Waals surface area contributed by atoms with Gasteiger partial charge >= 0.3 is 17.9 Å². The van der Waals surface area contributed by atoms with Crippen LogP contribution in [0.25, 0.3) is 0 Å². The number of likely N-dealkylation sites (N-methyl/N-ethyl adjacent to an activating group) is 1. The third kappa shape index (κ3) is 36.4. The smallest absolute Gasteiger partial charge is 0.361 e. The number of unbranched alkanes of at least 4 members (excludes halogenated alkanes) is 3. The van der Waals surface area contributed by atoms with Crippen LogP contribution in [0.3, 0.4) is 0 Å². The highest BCUT2D eigenvalue weighted by Crippen LogP contribution is 2.09. The first kappa shape index (κ1) is 49.2. The summed E-state index contributed by atoms with van der Waals surface area (Å²) in [6.07, 6.45) is 42.2. The van der Waals surface area contributed by atoms with Crippen LogP contribution in [0.1, 0.15) is 104 Å². The first-order valence-electron chi connectivity index (χ1n) is 19.4. The molecule has 0 aliphatic rings. The number of aliphatic carboxylic acids is 1. The molecule has 0 aromatic rings. The number of carbonyl (C=O) groups is 3. The zero-order chi connectivity index (χ0) is 39.3. The summed E-state index contributed by atoms with van der Waals surface area (Å²) in [4.78, 5) is 36.8. The second kappa shape index (κ2) is 35.3. The third-order valence-electron chi connectivity index (χ3n) is 7.37. The van der Waals surface area contributed by atoms with Gasteiger partial charge in [0.1, 0.15) is 13.2 Å². The number of nitrogens with zero attached hydrogens (tertiary/aromatic N) is 1. The summed E-state index contributed by atoms with van der Waals surface area (Å²) in [5.74, 6) is -2.24. The SMILES string of the molecule is CC/C=C\C/C=C\C/C=C\C/C=C\C/C=C\CC(=O)OC(COC(=O)CCCCC/C=C\C/C=C\C/C=C\CC)COC(OCC[N+](C)(C)C)C(=O)O. The van der Waals surface area contributed by atoms with Crippen molar-refractivity contribution >= 4 is 17.9 Å². The van der Waals surface area contributed by atoms with Gasteiger partial charge in [-0.2, -0.15) is 0 Å². The Labute approximate surface area is 321 Å². The quantitative estimate of drug-likeness (QED) is 0.0233. The standard InChI is InChI=1S/C44H69NO8/c1-6-8-10-12-14-16-18-20-21-23-25-27-29-31-33-35-42(47)53-40(39-52-44(43(48)49)50-37-36-45(3,4)5)38-51-41(46)34-32-30-28-26-24-22-19-17-15-13-11-9-7-2/h8-11,14-17,20-22,24-25,27,31,33,40,44H,6-7,12-13,18-19,23,26,28-30,32,34-39H2,1-5H3/p+1/b10-8-,11-9-,16-14-,17-15-,21-20-,24-22-,27-25-,33-31-. The molecule has 9 heteroatoms. The van der Waals surface area contributed by atoms with Crippen LogP contribution in [0.2, 0.25) is 0 Å². The van der Waals surface area contributed by atoms with Crippen molar-refractivity contribution in [2.45, 2.75) is 116 Å².